The Kier molecular flexibility index (Phi) is 5.43. The molecule has 0 saturated carbocycles. The predicted molar refractivity (Wildman–Crippen MR) is 121 cm³/mol. The number of hydrogen-bond donors (Lipinski definition) is 1. The Morgan fingerprint density at radius 2 is 2.00 bits per heavy atom. The highest BCUT2D eigenvalue weighted by molar-refractivity contribution is 7.96. The molecule has 1 fully saturated rings. The van der Waals surface area contributed by atoms with E-state index < -0.39 is 10.0 Å². The molecule has 30 heavy (non-hydrogen) atoms. The molecule has 0 bridgehead atoms. The standard InChI is InChI=1S/C22H28N4O2S2/c1-17-8-9-22(21-13-23-29-26(17)21)30(27,28)25-11-4-5-18(15-25)14-24-12-10-19-6-2-3-7-20(19)16-24/h2-3,6-9,13,18,23H,4-5,10-12,14-16H2,1H3. The van der Waals surface area contributed by atoms with E-state index in [1.807, 2.05) is 17.3 Å². The van der Waals surface area contributed by atoms with Gasteiger partial charge in [-0.05, 0) is 55.4 Å². The van der Waals surface area contributed by atoms with Crippen molar-refractivity contribution in [3.63, 3.8) is 0 Å². The van der Waals surface area contributed by atoms with Crippen molar-refractivity contribution >= 4 is 22.2 Å². The second-order valence-corrected chi connectivity index (χ2v) is 11.2. The van der Waals surface area contributed by atoms with Crippen LogP contribution in [0.3, 0.4) is 0 Å². The summed E-state index contributed by atoms with van der Waals surface area (Å²) in [6, 6.07) is 8.67. The second kappa shape index (κ2) is 8.07. The van der Waals surface area contributed by atoms with E-state index in [-0.39, 0.29) is 0 Å². The molecule has 160 valence electrons. The van der Waals surface area contributed by atoms with Gasteiger partial charge in [0, 0.05) is 44.6 Å². The number of nitrogens with zero attached hydrogens (tertiary/aromatic N) is 3. The molecule has 1 aromatic carbocycles. The van der Waals surface area contributed by atoms with Gasteiger partial charge >= 0.3 is 0 Å². The van der Waals surface area contributed by atoms with Gasteiger partial charge in [0.05, 0.1) is 17.8 Å². The van der Waals surface area contributed by atoms with Gasteiger partial charge in [0.2, 0.25) is 10.0 Å². The van der Waals surface area contributed by atoms with Crippen molar-refractivity contribution in [1.82, 2.24) is 18.2 Å². The van der Waals surface area contributed by atoms with Gasteiger partial charge < -0.3 is 4.72 Å². The fourth-order valence-electron chi connectivity index (χ4n) is 4.85. The highest BCUT2D eigenvalue weighted by Gasteiger charge is 2.38. The Balaban J connectivity index is 1.29. The van der Waals surface area contributed by atoms with Crippen LogP contribution in [0.2, 0.25) is 0 Å². The third-order valence-corrected chi connectivity index (χ3v) is 9.24. The van der Waals surface area contributed by atoms with Gasteiger partial charge in [0.1, 0.15) is 4.91 Å². The van der Waals surface area contributed by atoms with Crippen molar-refractivity contribution in [3.05, 3.63) is 70.0 Å². The Morgan fingerprint density at radius 3 is 2.87 bits per heavy atom. The largest absolute Gasteiger partial charge is 0.316 e. The first-order chi connectivity index (χ1) is 14.5. The van der Waals surface area contributed by atoms with Crippen LogP contribution < -0.4 is 4.72 Å². The molecule has 0 amide bonds. The molecular weight excluding hydrogens is 416 g/mol. The van der Waals surface area contributed by atoms with Gasteiger partial charge in [0.25, 0.3) is 0 Å². The highest BCUT2D eigenvalue weighted by atomic mass is 32.2. The second-order valence-electron chi connectivity index (χ2n) is 8.50. The van der Waals surface area contributed by atoms with E-state index in [4.69, 9.17) is 0 Å². The number of benzene rings is 1. The summed E-state index contributed by atoms with van der Waals surface area (Å²) in [5.41, 5.74) is 4.62. The summed E-state index contributed by atoms with van der Waals surface area (Å²) < 4.78 is 33.7. The van der Waals surface area contributed by atoms with E-state index in [1.54, 1.807) is 16.6 Å². The molecule has 4 aliphatic rings. The minimum absolute atomic E-state index is 0.376. The molecule has 1 aromatic rings. The molecule has 0 spiro atoms. The quantitative estimate of drug-likeness (QED) is 0.720. The molecule has 0 aliphatic carbocycles. The van der Waals surface area contributed by atoms with Crippen LogP contribution in [0.25, 0.3) is 0 Å². The zero-order valence-electron chi connectivity index (χ0n) is 17.3. The van der Waals surface area contributed by atoms with Crippen LogP contribution in [-0.4, -0.2) is 48.1 Å². The number of fused-ring (bicyclic) bond motifs is 2. The van der Waals surface area contributed by atoms with Crippen LogP contribution in [0, 0.1) is 5.92 Å². The summed E-state index contributed by atoms with van der Waals surface area (Å²) >= 11 is 1.41. The summed E-state index contributed by atoms with van der Waals surface area (Å²) in [5, 5.41) is 0. The van der Waals surface area contributed by atoms with Crippen molar-refractivity contribution in [2.24, 2.45) is 5.92 Å². The number of rotatable bonds is 4. The van der Waals surface area contributed by atoms with Crippen molar-refractivity contribution in [1.29, 1.82) is 0 Å². The van der Waals surface area contributed by atoms with Gasteiger partial charge in [-0.1, -0.05) is 24.3 Å². The smallest absolute Gasteiger partial charge is 0.245 e. The van der Waals surface area contributed by atoms with Crippen LogP contribution >= 0.6 is 12.1 Å². The van der Waals surface area contributed by atoms with E-state index >= 15 is 0 Å². The van der Waals surface area contributed by atoms with Crippen molar-refractivity contribution in [2.45, 2.75) is 32.7 Å². The first kappa shape index (κ1) is 20.2. The van der Waals surface area contributed by atoms with Crippen molar-refractivity contribution in [2.75, 3.05) is 26.2 Å². The SMILES string of the molecule is CC1=CC=C(S(=O)(=O)N2CCCC(CN3CCc4ccccc4C3)C2)C2=CNSN12. The molecule has 6 nitrogen and oxygen atoms in total. The van der Waals surface area contributed by atoms with Crippen molar-refractivity contribution < 1.29 is 8.42 Å². The molecular formula is C22H28N4O2S2. The van der Waals surface area contributed by atoms with E-state index in [9.17, 15) is 8.42 Å². The van der Waals surface area contributed by atoms with E-state index in [0.29, 0.717) is 23.9 Å². The van der Waals surface area contributed by atoms with Crippen LogP contribution in [-0.2, 0) is 23.0 Å². The number of sulfonamides is 1. The van der Waals surface area contributed by atoms with Gasteiger partial charge in [-0.15, -0.1) is 0 Å². The van der Waals surface area contributed by atoms with Crippen molar-refractivity contribution in [3.8, 4) is 0 Å². The molecule has 1 unspecified atom stereocenters. The Bertz CT molecular complexity index is 1030. The average Bonchev–Trinajstić information content (AvgIpc) is 3.25. The Labute approximate surface area is 183 Å². The molecule has 1 N–H and O–H groups in total. The molecule has 5 rings (SSSR count). The maximum absolute atomic E-state index is 13.5. The summed E-state index contributed by atoms with van der Waals surface area (Å²) in [5.74, 6) is 0.376. The predicted octanol–water partition coefficient (Wildman–Crippen LogP) is 3.20. The third kappa shape index (κ3) is 3.70. The van der Waals surface area contributed by atoms with E-state index in [2.05, 4.69) is 33.9 Å². The lowest BCUT2D eigenvalue weighted by molar-refractivity contribution is 0.168. The lowest BCUT2D eigenvalue weighted by Gasteiger charge is -2.37. The normalized spacial score (nSPS) is 25.0. The highest BCUT2D eigenvalue weighted by Crippen LogP contribution is 2.38. The minimum Gasteiger partial charge on any atom is -0.316 e. The molecule has 1 atom stereocenters. The van der Waals surface area contributed by atoms with E-state index in [0.717, 1.165) is 50.3 Å². The van der Waals surface area contributed by atoms with Gasteiger partial charge in [-0.3, -0.25) is 9.21 Å². The maximum atomic E-state index is 13.5. The fourth-order valence-corrected chi connectivity index (χ4v) is 7.34. The molecule has 4 aliphatic heterocycles. The lowest BCUT2D eigenvalue weighted by Crippen LogP contribution is -2.45. The van der Waals surface area contributed by atoms with E-state index in [1.165, 1.54) is 23.3 Å². The summed E-state index contributed by atoms with van der Waals surface area (Å²) in [6.45, 7) is 6.19. The number of allylic oxidation sites excluding steroid dienone is 3. The number of hydrogen-bond acceptors (Lipinski definition) is 6. The monoisotopic (exact) mass is 444 g/mol. The fraction of sp³-hybridized carbons (Fsp3) is 0.455. The third-order valence-electron chi connectivity index (χ3n) is 6.43. The van der Waals surface area contributed by atoms with Gasteiger partial charge in [-0.25, -0.2) is 8.42 Å². The van der Waals surface area contributed by atoms with Crippen LogP contribution in [0.5, 0.6) is 0 Å². The van der Waals surface area contributed by atoms with Crippen LogP contribution in [0.4, 0.5) is 0 Å². The van der Waals surface area contributed by atoms with Gasteiger partial charge in [0.15, 0.2) is 0 Å². The summed E-state index contributed by atoms with van der Waals surface area (Å²) in [6.07, 6.45) is 8.53. The van der Waals surface area contributed by atoms with Crippen LogP contribution in [0.1, 0.15) is 30.9 Å². The van der Waals surface area contributed by atoms with Gasteiger partial charge in [-0.2, -0.15) is 4.31 Å². The summed E-state index contributed by atoms with van der Waals surface area (Å²) in [4.78, 5) is 2.90. The number of piperidine rings is 1. The minimum atomic E-state index is -3.52. The Hall–Kier alpha value is -1.74. The molecule has 1 saturated heterocycles. The Morgan fingerprint density at radius 1 is 1.17 bits per heavy atom. The molecule has 0 radical (unpaired) electrons. The zero-order chi connectivity index (χ0) is 20.7. The maximum Gasteiger partial charge on any atom is 0.245 e. The summed E-state index contributed by atoms with van der Waals surface area (Å²) in [7, 11) is -3.52. The molecule has 4 heterocycles. The zero-order valence-corrected chi connectivity index (χ0v) is 18.9. The first-order valence-corrected chi connectivity index (χ1v) is 12.8. The first-order valence-electron chi connectivity index (χ1n) is 10.6. The average molecular weight is 445 g/mol. The molecule has 8 heteroatoms. The number of nitrogens with one attached hydrogen (secondary N) is 1. The lowest BCUT2D eigenvalue weighted by atomic mass is 9.95. The topological polar surface area (TPSA) is 55.9 Å². The molecule has 0 aromatic heterocycles. The van der Waals surface area contributed by atoms with Crippen LogP contribution in [0.15, 0.2) is 58.9 Å².